The molecule has 3 fully saturated rings. The molecule has 27 heteroatoms. The van der Waals surface area contributed by atoms with Gasteiger partial charge in [-0.1, -0.05) is 151 Å². The van der Waals surface area contributed by atoms with Crippen molar-refractivity contribution in [3.63, 3.8) is 0 Å². The number of hydrogen-bond acceptors (Lipinski definition) is 25. The fourth-order valence-electron chi connectivity index (χ4n) is 11.4. The zero-order valence-corrected chi connectivity index (χ0v) is 55.2. The van der Waals surface area contributed by atoms with Crippen molar-refractivity contribution < 1.29 is 115 Å². The highest BCUT2D eigenvalue weighted by atomic mass is 16.8. The second kappa shape index (κ2) is 36.4. The number of hydrogen-bond donors (Lipinski definition) is 2. The van der Waals surface area contributed by atoms with Gasteiger partial charge in [-0.2, -0.15) is 0 Å². The molecule has 0 aromatic heterocycles. The molecule has 0 bridgehead atoms. The highest BCUT2D eigenvalue weighted by Crippen LogP contribution is 2.39. The lowest BCUT2D eigenvalue weighted by molar-refractivity contribution is -0.378. The fraction of sp³-hybridized carbons (Fsp3) is 0.273. The Morgan fingerprint density at radius 2 is 0.615 bits per heavy atom. The summed E-state index contributed by atoms with van der Waals surface area (Å²) in [5, 5.41) is 27.8. The molecule has 2 N–H and O–H groups in total. The summed E-state index contributed by atoms with van der Waals surface area (Å²) in [6.07, 6.45) is -30.1. The Morgan fingerprint density at radius 3 is 0.962 bits per heavy atom. The summed E-state index contributed by atoms with van der Waals surface area (Å²) in [6.45, 7) is -3.08. The Bertz CT molecular complexity index is 4210. The molecule has 0 saturated carbocycles. The third-order valence-electron chi connectivity index (χ3n) is 16.6. The average Bonchev–Trinajstić information content (AvgIpc) is 0.763. The van der Waals surface area contributed by atoms with Gasteiger partial charge in [-0.25, -0.2) is 38.4 Å². The number of benzene rings is 8. The fourth-order valence-corrected chi connectivity index (χ4v) is 11.4. The molecule has 104 heavy (non-hydrogen) atoms. The van der Waals surface area contributed by atoms with E-state index in [1.54, 1.807) is 109 Å². The Kier molecular flexibility index (Phi) is 25.8. The van der Waals surface area contributed by atoms with Crippen molar-refractivity contribution in [1.82, 2.24) is 0 Å². The van der Waals surface area contributed by atoms with E-state index in [1.165, 1.54) is 133 Å². The zero-order chi connectivity index (χ0) is 72.7. The Morgan fingerprint density at radius 1 is 0.346 bits per heavy atom. The van der Waals surface area contributed by atoms with Gasteiger partial charge in [0.15, 0.2) is 55.5 Å². The Balaban J connectivity index is 1.06. The summed E-state index contributed by atoms with van der Waals surface area (Å²) >= 11 is 0. The quantitative estimate of drug-likeness (QED) is 0.0115. The van der Waals surface area contributed by atoms with Gasteiger partial charge in [0.25, 0.3) is 0 Å². The van der Waals surface area contributed by atoms with Crippen LogP contribution < -0.4 is 0 Å². The first-order valence-electron chi connectivity index (χ1n) is 32.9. The molecule has 27 nitrogen and oxygen atoms in total. The molecule has 0 radical (unpaired) electrons. The van der Waals surface area contributed by atoms with Crippen molar-refractivity contribution in [2.45, 2.75) is 98.5 Å². The van der Waals surface area contributed by atoms with E-state index in [0.717, 1.165) is 0 Å². The number of rotatable bonds is 28. The van der Waals surface area contributed by atoms with E-state index < -0.39 is 160 Å². The van der Waals surface area contributed by atoms with Crippen LogP contribution in [-0.4, -0.2) is 183 Å². The van der Waals surface area contributed by atoms with E-state index in [2.05, 4.69) is 10.0 Å². The smallest absolute Gasteiger partial charge is 0.338 e. The summed E-state index contributed by atoms with van der Waals surface area (Å²) in [5.41, 5.74) is 8.94. The lowest BCUT2D eigenvalue weighted by atomic mass is 9.95. The first kappa shape index (κ1) is 73.7. The molecule has 0 spiro atoms. The Hall–Kier alpha value is -11.5. The largest absolute Gasteiger partial charge is 0.459 e. The zero-order valence-electron chi connectivity index (χ0n) is 55.2. The first-order chi connectivity index (χ1) is 50.7. The van der Waals surface area contributed by atoms with Crippen molar-refractivity contribution in [2.75, 3.05) is 33.0 Å². The third-order valence-corrected chi connectivity index (χ3v) is 16.6. The second-order valence-corrected chi connectivity index (χ2v) is 23.5. The van der Waals surface area contributed by atoms with Crippen molar-refractivity contribution in [1.29, 1.82) is 0 Å². The van der Waals surface area contributed by atoms with Crippen molar-refractivity contribution >= 4 is 47.8 Å². The molecule has 8 aromatic carbocycles. The number of ether oxygens (including phenoxy) is 14. The van der Waals surface area contributed by atoms with Gasteiger partial charge in [-0.3, -0.25) is 0 Å². The first-order valence-corrected chi connectivity index (χ1v) is 32.9. The van der Waals surface area contributed by atoms with E-state index in [-0.39, 0.29) is 64.1 Å². The summed E-state index contributed by atoms with van der Waals surface area (Å²) in [4.78, 5) is 119. The Labute approximate surface area is 594 Å². The van der Waals surface area contributed by atoms with E-state index in [1.807, 2.05) is 0 Å². The standard InChI is InChI=1S/C77H69N3O24/c78-80-79-42-25-43-91-75-65(101-73(89)53-38-21-7-22-39-53)63(99-71(87)51-34-17-5-18-35-51)60(57(95-75)46-93-68(84)48-28-11-2-12-29-48)103-76-64(100-72(88)52-36-19-6-20-37-52)61(58(82)55(44-81)94-76)104-77-66(102-74(90)54-40-23-8-24-41-54)62(98-70(86)50-32-15-4-16-33-50)59(97-69(85)49-30-13-3-14-31-49)56(96-77)45-92-67(83)47-26-9-1-10-27-47/h1-24,26-41,55-66,75-77,81-82H,25,42-46H2/t55-,56-,57-,58-,59-,60-,61+,62+,63+,64-,65-,66-,75-,76+,77+/m1/s1. The highest BCUT2D eigenvalue weighted by Gasteiger charge is 2.60. The van der Waals surface area contributed by atoms with Gasteiger partial charge in [0, 0.05) is 11.5 Å². The third kappa shape index (κ3) is 19.0. The van der Waals surface area contributed by atoms with Crippen LogP contribution in [0.3, 0.4) is 0 Å². The van der Waals surface area contributed by atoms with Crippen LogP contribution in [0.2, 0.25) is 0 Å². The predicted octanol–water partition coefficient (Wildman–Crippen LogP) is 9.07. The van der Waals surface area contributed by atoms with Crippen LogP contribution in [0.15, 0.2) is 248 Å². The normalized spacial score (nSPS) is 24.1. The topological polar surface area (TPSA) is 355 Å². The van der Waals surface area contributed by atoms with E-state index in [9.17, 15) is 48.6 Å². The van der Waals surface area contributed by atoms with Crippen LogP contribution in [0.4, 0.5) is 0 Å². The van der Waals surface area contributed by atoms with Gasteiger partial charge in [-0.15, -0.1) is 0 Å². The molecule has 3 heterocycles. The van der Waals surface area contributed by atoms with E-state index >= 15 is 0 Å². The molecule has 3 aliphatic heterocycles. The van der Waals surface area contributed by atoms with Crippen molar-refractivity contribution in [3.8, 4) is 0 Å². The number of nitrogens with zero attached hydrogens (tertiary/aromatic N) is 3. The minimum atomic E-state index is -2.25. The summed E-state index contributed by atoms with van der Waals surface area (Å²) < 4.78 is 89.8. The molecule has 11 rings (SSSR count). The molecule has 0 amide bonds. The lowest BCUT2D eigenvalue weighted by Gasteiger charge is -2.50. The number of carbonyl (C=O) groups is 8. The van der Waals surface area contributed by atoms with Gasteiger partial charge >= 0.3 is 47.8 Å². The van der Waals surface area contributed by atoms with Crippen LogP contribution >= 0.6 is 0 Å². The minimum absolute atomic E-state index is 0.00517. The molecule has 3 saturated heterocycles. The van der Waals surface area contributed by atoms with Crippen LogP contribution in [0.1, 0.15) is 89.3 Å². The molecular formula is C77H69N3O24. The van der Waals surface area contributed by atoms with Crippen LogP contribution in [0.25, 0.3) is 10.4 Å². The summed E-state index contributed by atoms with van der Waals surface area (Å²) in [6, 6.07) is 60.6. The maximum atomic E-state index is 14.9. The van der Waals surface area contributed by atoms with Crippen LogP contribution in [0, 0.1) is 0 Å². The molecule has 536 valence electrons. The maximum absolute atomic E-state index is 14.9. The minimum Gasteiger partial charge on any atom is -0.459 e. The van der Waals surface area contributed by atoms with Gasteiger partial charge in [-0.05, 0) is 109 Å². The monoisotopic (exact) mass is 1420 g/mol. The van der Waals surface area contributed by atoms with Crippen LogP contribution in [-0.2, 0) is 66.3 Å². The molecule has 15 atom stereocenters. The molecular weight excluding hydrogens is 1350 g/mol. The molecule has 8 aromatic rings. The SMILES string of the molecule is [N-]=[N+]=NCCCO[C@@H]1O[C@H](COC(=O)c2ccccc2)[C@@H](O[C@@H]2O[C@H](CO)[C@@H](O)[C@H](O[C@@H]3O[C@H](COC(=O)c4ccccc4)[C@@H](OC(=O)c4ccccc4)[C@H](OC(=O)c4ccccc4)[C@H]3OC(=O)c3ccccc3)[C@H]2OC(=O)c2ccccc2)[C@H](OC(=O)c2ccccc2)[C@H]1OC(=O)c1ccccc1. The van der Waals surface area contributed by atoms with E-state index in [4.69, 9.17) is 71.8 Å². The number of azide groups is 1. The van der Waals surface area contributed by atoms with Gasteiger partial charge in [0.05, 0.1) is 57.7 Å². The number of carbonyl (C=O) groups excluding carboxylic acids is 8. The molecule has 0 aliphatic carbocycles. The lowest BCUT2D eigenvalue weighted by Crippen LogP contribution is -2.68. The average molecular weight is 1420 g/mol. The molecule has 3 aliphatic rings. The predicted molar refractivity (Wildman–Crippen MR) is 361 cm³/mol. The number of aliphatic hydroxyl groups excluding tert-OH is 2. The van der Waals surface area contributed by atoms with Crippen molar-refractivity contribution in [3.05, 3.63) is 298 Å². The van der Waals surface area contributed by atoms with Gasteiger partial charge in [0.2, 0.25) is 0 Å². The summed E-state index contributed by atoms with van der Waals surface area (Å²) in [5.74, 6) is -8.25. The second-order valence-electron chi connectivity index (χ2n) is 23.5. The highest BCUT2D eigenvalue weighted by molar-refractivity contribution is 5.93. The summed E-state index contributed by atoms with van der Waals surface area (Å²) in [7, 11) is 0. The van der Waals surface area contributed by atoms with Gasteiger partial charge < -0.3 is 76.5 Å². The van der Waals surface area contributed by atoms with Gasteiger partial charge in [0.1, 0.15) is 49.8 Å². The van der Waals surface area contributed by atoms with E-state index in [0.29, 0.717) is 0 Å². The number of esters is 8. The van der Waals surface area contributed by atoms with Crippen LogP contribution in [0.5, 0.6) is 0 Å². The maximum Gasteiger partial charge on any atom is 0.338 e. The molecule has 0 unspecified atom stereocenters. The number of aliphatic hydroxyl groups is 2. The van der Waals surface area contributed by atoms with Crippen molar-refractivity contribution in [2.24, 2.45) is 5.11 Å².